The fraction of sp³-hybridized carbons (Fsp3) is 0.941. The lowest BCUT2D eigenvalue weighted by molar-refractivity contribution is -0.154. The highest BCUT2D eigenvalue weighted by atomic mass is 16.5. The van der Waals surface area contributed by atoms with Crippen molar-refractivity contribution in [2.45, 2.75) is 50.5 Å². The summed E-state index contributed by atoms with van der Waals surface area (Å²) in [7, 11) is 0. The van der Waals surface area contributed by atoms with Gasteiger partial charge in [0.2, 0.25) is 5.91 Å². The van der Waals surface area contributed by atoms with E-state index in [4.69, 9.17) is 4.74 Å². The average molecular weight is 310 g/mol. The minimum absolute atomic E-state index is 0.0169. The number of hydrogen-bond acceptors (Lipinski definition) is 4. The third-order valence-electron chi connectivity index (χ3n) is 5.81. The Balaban J connectivity index is 1.58. The molecule has 0 aromatic rings. The molecule has 22 heavy (non-hydrogen) atoms. The van der Waals surface area contributed by atoms with Gasteiger partial charge in [0, 0.05) is 13.2 Å². The van der Waals surface area contributed by atoms with E-state index in [2.05, 4.69) is 9.80 Å². The zero-order chi connectivity index (χ0) is 15.4. The van der Waals surface area contributed by atoms with Crippen molar-refractivity contribution in [2.24, 2.45) is 5.92 Å². The molecule has 5 nitrogen and oxygen atoms in total. The molecule has 2 heterocycles. The van der Waals surface area contributed by atoms with Crippen molar-refractivity contribution in [3.8, 4) is 0 Å². The lowest BCUT2D eigenvalue weighted by Gasteiger charge is -2.49. The molecule has 1 aliphatic carbocycles. The Morgan fingerprint density at radius 2 is 1.86 bits per heavy atom. The maximum Gasteiger partial charge on any atom is 0.237 e. The first-order chi connectivity index (χ1) is 10.7. The average Bonchev–Trinajstić information content (AvgIpc) is 2.56. The van der Waals surface area contributed by atoms with Crippen LogP contribution in [0.2, 0.25) is 0 Å². The second-order valence-electron chi connectivity index (χ2n) is 7.29. The molecule has 2 saturated heterocycles. The summed E-state index contributed by atoms with van der Waals surface area (Å²) >= 11 is 0. The Morgan fingerprint density at radius 3 is 2.55 bits per heavy atom. The second kappa shape index (κ2) is 7.28. The number of ether oxygens (including phenoxy) is 1. The summed E-state index contributed by atoms with van der Waals surface area (Å²) in [6, 6.07) is 0. The lowest BCUT2D eigenvalue weighted by atomic mass is 9.80. The first-order valence-electron chi connectivity index (χ1n) is 8.95. The maximum atomic E-state index is 12.9. The number of aliphatic hydroxyl groups excluding tert-OH is 1. The molecule has 3 fully saturated rings. The summed E-state index contributed by atoms with van der Waals surface area (Å²) in [6.07, 6.45) is 7.95. The molecular formula is C17H30N2O3. The van der Waals surface area contributed by atoms with Gasteiger partial charge in [0.15, 0.2) is 0 Å². The van der Waals surface area contributed by atoms with Crippen molar-refractivity contribution in [3.63, 3.8) is 0 Å². The Bertz CT molecular complexity index is 366. The van der Waals surface area contributed by atoms with Crippen molar-refractivity contribution in [2.75, 3.05) is 46.0 Å². The molecule has 3 rings (SSSR count). The normalized spacial score (nSPS) is 27.2. The summed E-state index contributed by atoms with van der Waals surface area (Å²) in [5.41, 5.74) is -0.0169. The number of carbonyl (C=O) groups excluding carboxylic acids is 1. The van der Waals surface area contributed by atoms with Crippen molar-refractivity contribution in [3.05, 3.63) is 0 Å². The van der Waals surface area contributed by atoms with Crippen LogP contribution in [-0.4, -0.2) is 72.4 Å². The van der Waals surface area contributed by atoms with E-state index >= 15 is 0 Å². The number of nitrogens with zero attached hydrogens (tertiary/aromatic N) is 2. The van der Waals surface area contributed by atoms with Crippen LogP contribution in [0.4, 0.5) is 0 Å². The molecule has 0 aromatic carbocycles. The molecule has 0 bridgehead atoms. The molecule has 0 atom stereocenters. The van der Waals surface area contributed by atoms with E-state index < -0.39 is 0 Å². The van der Waals surface area contributed by atoms with Crippen LogP contribution in [0.1, 0.15) is 44.9 Å². The molecule has 0 aromatic heterocycles. The molecule has 0 radical (unpaired) electrons. The Labute approximate surface area is 133 Å². The predicted octanol–water partition coefficient (Wildman–Crippen LogP) is 1.25. The van der Waals surface area contributed by atoms with Gasteiger partial charge >= 0.3 is 0 Å². The third-order valence-corrected chi connectivity index (χ3v) is 5.81. The maximum absolute atomic E-state index is 12.9. The standard InChI is InChI=1S/C17H30N2O3/c20-13-15-4-8-18(9-5-15)12-16(21)19-10-11-22-14-17(19)6-2-1-3-7-17/h15,20H,1-14H2. The quantitative estimate of drug-likeness (QED) is 0.852. The van der Waals surface area contributed by atoms with E-state index in [1.165, 1.54) is 19.3 Å². The van der Waals surface area contributed by atoms with Crippen molar-refractivity contribution >= 4 is 5.91 Å². The Morgan fingerprint density at radius 1 is 1.14 bits per heavy atom. The van der Waals surface area contributed by atoms with Crippen LogP contribution >= 0.6 is 0 Å². The van der Waals surface area contributed by atoms with Gasteiger partial charge in [-0.3, -0.25) is 9.69 Å². The van der Waals surface area contributed by atoms with Crippen molar-refractivity contribution in [1.29, 1.82) is 0 Å². The molecule has 2 aliphatic heterocycles. The zero-order valence-corrected chi connectivity index (χ0v) is 13.6. The highest BCUT2D eigenvalue weighted by Crippen LogP contribution is 2.36. The Kier molecular flexibility index (Phi) is 5.37. The number of piperidine rings is 1. The lowest BCUT2D eigenvalue weighted by Crippen LogP contribution is -2.61. The SMILES string of the molecule is O=C(CN1CCC(CO)CC1)N1CCOCC12CCCCC2. The molecular weight excluding hydrogens is 280 g/mol. The number of morpholine rings is 1. The molecule has 3 aliphatic rings. The first-order valence-corrected chi connectivity index (χ1v) is 8.95. The van der Waals surface area contributed by atoms with E-state index in [0.29, 0.717) is 19.1 Å². The van der Waals surface area contributed by atoms with Gasteiger partial charge in [-0.15, -0.1) is 0 Å². The van der Waals surface area contributed by atoms with Crippen LogP contribution in [-0.2, 0) is 9.53 Å². The molecule has 1 amide bonds. The fourth-order valence-corrected chi connectivity index (χ4v) is 4.35. The van der Waals surface area contributed by atoms with Crippen molar-refractivity contribution in [1.82, 2.24) is 9.80 Å². The summed E-state index contributed by atoms with van der Waals surface area (Å²) in [5.74, 6) is 0.715. The first kappa shape index (κ1) is 16.2. The second-order valence-corrected chi connectivity index (χ2v) is 7.29. The third kappa shape index (κ3) is 3.47. The molecule has 1 N–H and O–H groups in total. The van der Waals surface area contributed by atoms with Gasteiger partial charge in [-0.2, -0.15) is 0 Å². The van der Waals surface area contributed by atoms with Crippen LogP contribution in [0.15, 0.2) is 0 Å². The zero-order valence-electron chi connectivity index (χ0n) is 13.6. The largest absolute Gasteiger partial charge is 0.396 e. The molecule has 126 valence electrons. The van der Waals surface area contributed by atoms with Crippen LogP contribution in [0, 0.1) is 5.92 Å². The van der Waals surface area contributed by atoms with Gasteiger partial charge in [-0.25, -0.2) is 0 Å². The highest BCUT2D eigenvalue weighted by Gasteiger charge is 2.43. The van der Waals surface area contributed by atoms with Crippen LogP contribution < -0.4 is 0 Å². The van der Waals surface area contributed by atoms with Crippen molar-refractivity contribution < 1.29 is 14.6 Å². The van der Waals surface area contributed by atoms with Crippen LogP contribution in [0.25, 0.3) is 0 Å². The van der Waals surface area contributed by atoms with Crippen LogP contribution in [0.3, 0.4) is 0 Å². The topological polar surface area (TPSA) is 53.0 Å². The summed E-state index contributed by atoms with van der Waals surface area (Å²) in [5, 5.41) is 9.22. The minimum atomic E-state index is -0.0169. The van der Waals surface area contributed by atoms with E-state index in [-0.39, 0.29) is 18.1 Å². The minimum Gasteiger partial charge on any atom is -0.396 e. The van der Waals surface area contributed by atoms with E-state index in [0.717, 1.165) is 51.9 Å². The number of aliphatic hydroxyl groups is 1. The van der Waals surface area contributed by atoms with Gasteiger partial charge in [0.25, 0.3) is 0 Å². The van der Waals surface area contributed by atoms with Gasteiger partial charge in [-0.05, 0) is 44.7 Å². The van der Waals surface area contributed by atoms with Crippen LogP contribution in [0.5, 0.6) is 0 Å². The molecule has 1 spiro atoms. The number of rotatable bonds is 3. The molecule has 1 saturated carbocycles. The van der Waals surface area contributed by atoms with E-state index in [9.17, 15) is 9.90 Å². The summed E-state index contributed by atoms with van der Waals surface area (Å²) in [4.78, 5) is 17.3. The number of carbonyl (C=O) groups is 1. The van der Waals surface area contributed by atoms with E-state index in [1.807, 2.05) is 0 Å². The number of hydrogen-bond donors (Lipinski definition) is 1. The molecule has 5 heteroatoms. The van der Waals surface area contributed by atoms with Gasteiger partial charge in [-0.1, -0.05) is 19.3 Å². The molecule has 0 unspecified atom stereocenters. The number of likely N-dealkylation sites (tertiary alicyclic amines) is 1. The highest BCUT2D eigenvalue weighted by molar-refractivity contribution is 5.79. The predicted molar refractivity (Wildman–Crippen MR) is 84.6 cm³/mol. The fourth-order valence-electron chi connectivity index (χ4n) is 4.35. The Hall–Kier alpha value is -0.650. The summed E-state index contributed by atoms with van der Waals surface area (Å²) in [6.45, 7) is 4.87. The monoisotopic (exact) mass is 310 g/mol. The number of amides is 1. The van der Waals surface area contributed by atoms with Gasteiger partial charge in [0.05, 0.1) is 25.3 Å². The smallest absolute Gasteiger partial charge is 0.237 e. The van der Waals surface area contributed by atoms with Gasteiger partial charge in [0.1, 0.15) is 0 Å². The van der Waals surface area contributed by atoms with E-state index in [1.54, 1.807) is 0 Å². The summed E-state index contributed by atoms with van der Waals surface area (Å²) < 4.78 is 5.73. The van der Waals surface area contributed by atoms with Gasteiger partial charge < -0.3 is 14.7 Å².